The van der Waals surface area contributed by atoms with Crippen molar-refractivity contribution in [3.05, 3.63) is 33.2 Å². The predicted molar refractivity (Wildman–Crippen MR) is 63.1 cm³/mol. The van der Waals surface area contributed by atoms with Gasteiger partial charge in [-0.15, -0.1) is 0 Å². The number of rotatable bonds is 3. The van der Waals surface area contributed by atoms with Gasteiger partial charge in [0, 0.05) is 10.0 Å². The first kappa shape index (κ1) is 10.8. The van der Waals surface area contributed by atoms with Crippen LogP contribution in [0.25, 0.3) is 6.08 Å². The van der Waals surface area contributed by atoms with Gasteiger partial charge in [0.2, 0.25) is 0 Å². The Hall–Kier alpha value is -0.280. The smallest absolute Gasteiger partial charge is 0.140 e. The molecule has 0 aliphatic heterocycles. The fourth-order valence-electron chi connectivity index (χ4n) is 1.03. The summed E-state index contributed by atoms with van der Waals surface area (Å²) < 4.78 is 7.43. The van der Waals surface area contributed by atoms with Crippen molar-refractivity contribution in [2.45, 2.75) is 6.92 Å². The third kappa shape index (κ3) is 2.58. The Morgan fingerprint density at radius 1 is 1.46 bits per heavy atom. The average Bonchev–Trinajstić information content (AvgIpc) is 2.09. The van der Waals surface area contributed by atoms with Gasteiger partial charge in [-0.2, -0.15) is 0 Å². The second-order valence-corrected chi connectivity index (χ2v) is 4.21. The zero-order valence-electron chi connectivity index (χ0n) is 7.31. The van der Waals surface area contributed by atoms with Gasteiger partial charge in [-0.25, -0.2) is 0 Å². The van der Waals surface area contributed by atoms with Crippen LogP contribution in [-0.4, -0.2) is 6.61 Å². The first-order chi connectivity index (χ1) is 6.19. The van der Waals surface area contributed by atoms with Gasteiger partial charge in [0.1, 0.15) is 5.75 Å². The zero-order chi connectivity index (χ0) is 9.84. The lowest BCUT2D eigenvalue weighted by atomic mass is 10.2. The van der Waals surface area contributed by atoms with Gasteiger partial charge in [0.15, 0.2) is 0 Å². The second kappa shape index (κ2) is 4.82. The molecule has 13 heavy (non-hydrogen) atoms. The van der Waals surface area contributed by atoms with Gasteiger partial charge in [-0.3, -0.25) is 0 Å². The maximum absolute atomic E-state index is 5.47. The number of ether oxygens (including phenoxy) is 1. The normalized spacial score (nSPS) is 9.77. The van der Waals surface area contributed by atoms with Gasteiger partial charge in [0.05, 0.1) is 11.1 Å². The Morgan fingerprint density at radius 2 is 2.15 bits per heavy atom. The third-order valence-electron chi connectivity index (χ3n) is 1.55. The SMILES string of the molecule is C=Cc1cc(Br)cc(Br)c1OCC. The molecule has 0 spiro atoms. The second-order valence-electron chi connectivity index (χ2n) is 2.44. The van der Waals surface area contributed by atoms with Crippen molar-refractivity contribution in [1.29, 1.82) is 0 Å². The van der Waals surface area contributed by atoms with Crippen LogP contribution in [0.15, 0.2) is 27.7 Å². The number of hydrogen-bond acceptors (Lipinski definition) is 1. The van der Waals surface area contributed by atoms with E-state index in [0.717, 1.165) is 20.3 Å². The van der Waals surface area contributed by atoms with E-state index in [4.69, 9.17) is 4.74 Å². The third-order valence-corrected chi connectivity index (χ3v) is 2.59. The molecule has 1 rings (SSSR count). The first-order valence-corrected chi connectivity index (χ1v) is 5.52. The summed E-state index contributed by atoms with van der Waals surface area (Å²) >= 11 is 6.84. The molecule has 3 heteroatoms. The van der Waals surface area contributed by atoms with Crippen LogP contribution < -0.4 is 4.74 Å². The Balaban J connectivity index is 3.21. The van der Waals surface area contributed by atoms with Crippen molar-refractivity contribution in [2.75, 3.05) is 6.61 Å². The van der Waals surface area contributed by atoms with Crippen LogP contribution >= 0.6 is 31.9 Å². The quantitative estimate of drug-likeness (QED) is 0.811. The predicted octanol–water partition coefficient (Wildman–Crippen LogP) is 4.25. The fraction of sp³-hybridized carbons (Fsp3) is 0.200. The molecule has 1 aromatic carbocycles. The topological polar surface area (TPSA) is 9.23 Å². The van der Waals surface area contributed by atoms with Gasteiger partial charge in [-0.05, 0) is 35.0 Å². The highest BCUT2D eigenvalue weighted by Crippen LogP contribution is 2.33. The van der Waals surface area contributed by atoms with Crippen LogP contribution in [0.3, 0.4) is 0 Å². The molecule has 0 bridgehead atoms. The van der Waals surface area contributed by atoms with Crippen LogP contribution in [0.1, 0.15) is 12.5 Å². The zero-order valence-corrected chi connectivity index (χ0v) is 10.5. The monoisotopic (exact) mass is 304 g/mol. The average molecular weight is 306 g/mol. The van der Waals surface area contributed by atoms with Crippen molar-refractivity contribution in [1.82, 2.24) is 0 Å². The van der Waals surface area contributed by atoms with Crippen molar-refractivity contribution in [3.8, 4) is 5.75 Å². The molecule has 1 aromatic rings. The highest BCUT2D eigenvalue weighted by molar-refractivity contribution is 9.11. The highest BCUT2D eigenvalue weighted by Gasteiger charge is 2.06. The molecular formula is C10H10Br2O. The maximum Gasteiger partial charge on any atom is 0.140 e. The van der Waals surface area contributed by atoms with Gasteiger partial charge in [0.25, 0.3) is 0 Å². The van der Waals surface area contributed by atoms with E-state index in [1.54, 1.807) is 6.08 Å². The summed E-state index contributed by atoms with van der Waals surface area (Å²) in [6.45, 7) is 6.35. The summed E-state index contributed by atoms with van der Waals surface area (Å²) in [5.41, 5.74) is 0.989. The molecule has 0 aliphatic carbocycles. The fourth-order valence-corrected chi connectivity index (χ4v) is 2.40. The molecular weight excluding hydrogens is 296 g/mol. The van der Waals surface area contributed by atoms with E-state index in [2.05, 4.69) is 38.4 Å². The lowest BCUT2D eigenvalue weighted by molar-refractivity contribution is 0.337. The molecule has 0 aliphatic rings. The van der Waals surface area contributed by atoms with Crippen molar-refractivity contribution >= 4 is 37.9 Å². The molecule has 0 atom stereocenters. The largest absolute Gasteiger partial charge is 0.492 e. The van der Waals surface area contributed by atoms with E-state index >= 15 is 0 Å². The van der Waals surface area contributed by atoms with E-state index in [0.29, 0.717) is 6.61 Å². The van der Waals surface area contributed by atoms with Crippen LogP contribution in [0.5, 0.6) is 5.75 Å². The first-order valence-electron chi connectivity index (χ1n) is 3.93. The van der Waals surface area contributed by atoms with E-state index in [9.17, 15) is 0 Å². The maximum atomic E-state index is 5.47. The van der Waals surface area contributed by atoms with Crippen LogP contribution in [0.4, 0.5) is 0 Å². The number of benzene rings is 1. The van der Waals surface area contributed by atoms with Crippen molar-refractivity contribution in [2.24, 2.45) is 0 Å². The lowest BCUT2D eigenvalue weighted by Gasteiger charge is -2.09. The Morgan fingerprint density at radius 3 is 2.69 bits per heavy atom. The van der Waals surface area contributed by atoms with E-state index in [-0.39, 0.29) is 0 Å². The standard InChI is InChI=1S/C10H10Br2O/c1-3-7-5-8(11)6-9(12)10(7)13-4-2/h3,5-6H,1,4H2,2H3. The summed E-state index contributed by atoms with van der Waals surface area (Å²) in [7, 11) is 0. The summed E-state index contributed by atoms with van der Waals surface area (Å²) in [6.07, 6.45) is 1.78. The molecule has 1 nitrogen and oxygen atoms in total. The molecule has 0 unspecified atom stereocenters. The van der Waals surface area contributed by atoms with Gasteiger partial charge >= 0.3 is 0 Å². The van der Waals surface area contributed by atoms with Crippen LogP contribution in [-0.2, 0) is 0 Å². The summed E-state index contributed by atoms with van der Waals surface area (Å²) in [4.78, 5) is 0. The minimum Gasteiger partial charge on any atom is -0.492 e. The summed E-state index contributed by atoms with van der Waals surface area (Å²) in [5.74, 6) is 0.848. The van der Waals surface area contributed by atoms with Gasteiger partial charge < -0.3 is 4.74 Å². The Labute approximate surface area is 95.1 Å². The molecule has 0 saturated heterocycles. The van der Waals surface area contributed by atoms with E-state index in [1.807, 2.05) is 19.1 Å². The van der Waals surface area contributed by atoms with E-state index < -0.39 is 0 Å². The molecule has 0 saturated carbocycles. The Bertz CT molecular complexity index is 321. The Kier molecular flexibility index (Phi) is 4.00. The molecule has 0 amide bonds. The van der Waals surface area contributed by atoms with Crippen LogP contribution in [0.2, 0.25) is 0 Å². The molecule has 0 radical (unpaired) electrons. The van der Waals surface area contributed by atoms with E-state index in [1.165, 1.54) is 0 Å². The molecule has 0 heterocycles. The minimum absolute atomic E-state index is 0.654. The summed E-state index contributed by atoms with van der Waals surface area (Å²) in [6, 6.07) is 3.93. The lowest BCUT2D eigenvalue weighted by Crippen LogP contribution is -1.94. The number of hydrogen-bond donors (Lipinski definition) is 0. The molecule has 0 N–H and O–H groups in total. The molecule has 0 aromatic heterocycles. The highest BCUT2D eigenvalue weighted by atomic mass is 79.9. The van der Waals surface area contributed by atoms with Crippen molar-refractivity contribution in [3.63, 3.8) is 0 Å². The molecule has 0 fully saturated rings. The van der Waals surface area contributed by atoms with Crippen LogP contribution in [0, 0.1) is 0 Å². The summed E-state index contributed by atoms with van der Waals surface area (Å²) in [5, 5.41) is 0. The van der Waals surface area contributed by atoms with Gasteiger partial charge in [-0.1, -0.05) is 28.6 Å². The molecule has 70 valence electrons. The minimum atomic E-state index is 0.654. The number of halogens is 2. The van der Waals surface area contributed by atoms with Crippen molar-refractivity contribution < 1.29 is 4.74 Å².